The zero-order chi connectivity index (χ0) is 5.28. The van der Waals surface area contributed by atoms with Crippen molar-refractivity contribution in [1.82, 2.24) is 9.80 Å². The molecular formula is C5H11BrN2. The Hall–Kier alpha value is -0.180. The van der Waals surface area contributed by atoms with Gasteiger partial charge in [-0.1, -0.05) is 0 Å². The summed E-state index contributed by atoms with van der Waals surface area (Å²) in [6.07, 6.45) is 4.11. The first-order chi connectivity index (χ1) is 3.29. The van der Waals surface area contributed by atoms with Gasteiger partial charge in [-0.25, -0.2) is 0 Å². The van der Waals surface area contributed by atoms with Gasteiger partial charge < -0.3 is 9.80 Å². The maximum atomic E-state index is 2.12. The fraction of sp³-hybridized carbons (Fsp3) is 0.600. The number of hydrogen-bond acceptors (Lipinski definition) is 2. The van der Waals surface area contributed by atoms with Gasteiger partial charge in [0, 0.05) is 26.5 Å². The number of rotatable bonds is 0. The lowest BCUT2D eigenvalue weighted by atomic mass is 10.9. The number of hydrogen-bond donors (Lipinski definition) is 0. The lowest BCUT2D eigenvalue weighted by Crippen LogP contribution is -2.17. The minimum Gasteiger partial charge on any atom is -0.362 e. The van der Waals surface area contributed by atoms with Gasteiger partial charge in [0.25, 0.3) is 0 Å². The van der Waals surface area contributed by atoms with Gasteiger partial charge in [0.2, 0.25) is 0 Å². The van der Waals surface area contributed by atoms with Gasteiger partial charge in [-0.2, -0.15) is 0 Å². The lowest BCUT2D eigenvalue weighted by Gasteiger charge is -2.10. The Labute approximate surface area is 60.5 Å². The zero-order valence-corrected chi connectivity index (χ0v) is 6.88. The molecule has 0 aromatic heterocycles. The molecule has 0 aliphatic carbocycles. The molecule has 1 heterocycles. The van der Waals surface area contributed by atoms with E-state index in [4.69, 9.17) is 0 Å². The topological polar surface area (TPSA) is 6.48 Å². The van der Waals surface area contributed by atoms with E-state index in [0.29, 0.717) is 0 Å². The molecule has 0 saturated heterocycles. The summed E-state index contributed by atoms with van der Waals surface area (Å²) in [5, 5.41) is 0. The van der Waals surface area contributed by atoms with Crippen molar-refractivity contribution in [3.8, 4) is 0 Å². The van der Waals surface area contributed by atoms with Gasteiger partial charge in [-0.3, -0.25) is 0 Å². The second-order valence-electron chi connectivity index (χ2n) is 1.95. The molecule has 8 heavy (non-hydrogen) atoms. The zero-order valence-electron chi connectivity index (χ0n) is 5.16. The van der Waals surface area contributed by atoms with E-state index in [1.54, 1.807) is 0 Å². The van der Waals surface area contributed by atoms with Crippen LogP contribution < -0.4 is 0 Å². The van der Waals surface area contributed by atoms with Gasteiger partial charge in [-0.05, 0) is 0 Å². The normalized spacial score (nSPS) is 16.8. The Morgan fingerprint density at radius 3 is 1.62 bits per heavy atom. The molecule has 0 bridgehead atoms. The van der Waals surface area contributed by atoms with Crippen molar-refractivity contribution in [3.05, 3.63) is 12.4 Å². The highest BCUT2D eigenvalue weighted by molar-refractivity contribution is 8.93. The van der Waals surface area contributed by atoms with E-state index in [2.05, 4.69) is 36.3 Å². The molecule has 0 aromatic rings. The predicted octanol–water partition coefficient (Wildman–Crippen LogP) is 0.870. The maximum Gasteiger partial charge on any atom is 0.0887 e. The van der Waals surface area contributed by atoms with Crippen LogP contribution in [0.3, 0.4) is 0 Å². The summed E-state index contributed by atoms with van der Waals surface area (Å²) in [5.41, 5.74) is 0. The van der Waals surface area contributed by atoms with E-state index in [1.807, 2.05) is 0 Å². The third kappa shape index (κ3) is 1.74. The van der Waals surface area contributed by atoms with E-state index < -0.39 is 0 Å². The molecule has 0 amide bonds. The Balaban J connectivity index is 0.000000490. The molecule has 3 heteroatoms. The molecule has 0 aromatic carbocycles. The molecule has 1 aliphatic heterocycles. The Kier molecular flexibility index (Phi) is 2.90. The summed E-state index contributed by atoms with van der Waals surface area (Å²) in [5.74, 6) is 0. The van der Waals surface area contributed by atoms with Gasteiger partial charge in [-0.15, -0.1) is 17.0 Å². The minimum atomic E-state index is 0. The maximum absolute atomic E-state index is 2.12. The summed E-state index contributed by atoms with van der Waals surface area (Å²) in [7, 11) is 4.11. The quantitative estimate of drug-likeness (QED) is 0.544. The third-order valence-corrected chi connectivity index (χ3v) is 1.02. The van der Waals surface area contributed by atoms with Crippen molar-refractivity contribution < 1.29 is 0 Å². The van der Waals surface area contributed by atoms with Gasteiger partial charge in [0.15, 0.2) is 0 Å². The van der Waals surface area contributed by atoms with Crippen LogP contribution in [-0.2, 0) is 0 Å². The van der Waals surface area contributed by atoms with Gasteiger partial charge >= 0.3 is 0 Å². The minimum absolute atomic E-state index is 0. The average Bonchev–Trinajstić information content (AvgIpc) is 1.87. The highest BCUT2D eigenvalue weighted by Crippen LogP contribution is 1.97. The molecule has 0 radical (unpaired) electrons. The van der Waals surface area contributed by atoms with Crippen molar-refractivity contribution in [2.45, 2.75) is 0 Å². The lowest BCUT2D eigenvalue weighted by molar-refractivity contribution is 0.340. The Morgan fingerprint density at radius 2 is 1.50 bits per heavy atom. The summed E-state index contributed by atoms with van der Waals surface area (Å²) < 4.78 is 0. The van der Waals surface area contributed by atoms with Crippen molar-refractivity contribution in [3.63, 3.8) is 0 Å². The molecule has 0 fully saturated rings. The van der Waals surface area contributed by atoms with Gasteiger partial charge in [0.05, 0.1) is 6.67 Å². The SMILES string of the molecule is Br.CN1C=CN(C)C1. The Bertz CT molecular complexity index is 82.4. The van der Waals surface area contributed by atoms with Crippen LogP contribution in [0.1, 0.15) is 0 Å². The van der Waals surface area contributed by atoms with Crippen LogP contribution >= 0.6 is 17.0 Å². The smallest absolute Gasteiger partial charge is 0.0887 e. The van der Waals surface area contributed by atoms with Crippen molar-refractivity contribution in [2.75, 3.05) is 20.8 Å². The van der Waals surface area contributed by atoms with Crippen LogP contribution in [0, 0.1) is 0 Å². The first-order valence-electron chi connectivity index (χ1n) is 2.38. The molecule has 0 unspecified atom stereocenters. The standard InChI is InChI=1S/C5H10N2.BrH/c1-6-3-4-7(2)5-6;/h3-4H,5H2,1-2H3;1H. The van der Waals surface area contributed by atoms with Crippen LogP contribution in [-0.4, -0.2) is 30.6 Å². The third-order valence-electron chi connectivity index (χ3n) is 1.02. The molecular weight excluding hydrogens is 168 g/mol. The fourth-order valence-electron chi connectivity index (χ4n) is 0.674. The number of halogens is 1. The van der Waals surface area contributed by atoms with Crippen molar-refractivity contribution in [2.24, 2.45) is 0 Å². The Morgan fingerprint density at radius 1 is 1.12 bits per heavy atom. The predicted molar refractivity (Wildman–Crippen MR) is 39.9 cm³/mol. The van der Waals surface area contributed by atoms with Crippen molar-refractivity contribution in [1.29, 1.82) is 0 Å². The van der Waals surface area contributed by atoms with Crippen LogP contribution in [0.25, 0.3) is 0 Å². The average molecular weight is 179 g/mol. The molecule has 0 N–H and O–H groups in total. The second-order valence-corrected chi connectivity index (χ2v) is 1.95. The fourth-order valence-corrected chi connectivity index (χ4v) is 0.674. The molecule has 0 spiro atoms. The molecule has 1 rings (SSSR count). The summed E-state index contributed by atoms with van der Waals surface area (Å²) in [6.45, 7) is 1.03. The summed E-state index contributed by atoms with van der Waals surface area (Å²) in [6, 6.07) is 0. The highest BCUT2D eigenvalue weighted by atomic mass is 79.9. The largest absolute Gasteiger partial charge is 0.362 e. The van der Waals surface area contributed by atoms with E-state index in [-0.39, 0.29) is 17.0 Å². The first-order valence-corrected chi connectivity index (χ1v) is 2.38. The highest BCUT2D eigenvalue weighted by Gasteiger charge is 1.99. The van der Waals surface area contributed by atoms with Crippen LogP contribution in [0.2, 0.25) is 0 Å². The second kappa shape index (κ2) is 2.97. The van der Waals surface area contributed by atoms with Crippen molar-refractivity contribution >= 4 is 17.0 Å². The van der Waals surface area contributed by atoms with Crippen LogP contribution in [0.15, 0.2) is 12.4 Å². The molecule has 1 aliphatic rings. The monoisotopic (exact) mass is 178 g/mol. The molecule has 48 valence electrons. The number of nitrogens with zero attached hydrogens (tertiary/aromatic N) is 2. The van der Waals surface area contributed by atoms with Gasteiger partial charge in [0.1, 0.15) is 0 Å². The van der Waals surface area contributed by atoms with E-state index >= 15 is 0 Å². The van der Waals surface area contributed by atoms with E-state index in [1.165, 1.54) is 0 Å². The van der Waals surface area contributed by atoms with Crippen LogP contribution in [0.4, 0.5) is 0 Å². The van der Waals surface area contributed by atoms with E-state index in [9.17, 15) is 0 Å². The summed E-state index contributed by atoms with van der Waals surface area (Å²) in [4.78, 5) is 4.25. The molecule has 0 saturated carbocycles. The molecule has 2 nitrogen and oxygen atoms in total. The van der Waals surface area contributed by atoms with E-state index in [0.717, 1.165) is 6.67 Å². The summed E-state index contributed by atoms with van der Waals surface area (Å²) >= 11 is 0. The molecule has 0 atom stereocenters. The van der Waals surface area contributed by atoms with Crippen LogP contribution in [0.5, 0.6) is 0 Å². The first kappa shape index (κ1) is 7.82.